The molecule has 5 atom stereocenters. The van der Waals surface area contributed by atoms with Gasteiger partial charge in [0.05, 0.1) is 6.10 Å². The van der Waals surface area contributed by atoms with Gasteiger partial charge in [0.1, 0.15) is 23.2 Å². The average Bonchev–Trinajstić information content (AvgIpc) is 3.49. The normalized spacial score (nSPS) is 27.4. The molecule has 3 heterocycles. The summed E-state index contributed by atoms with van der Waals surface area (Å²) in [7, 11) is -3.90. The molecule has 3 aliphatic heterocycles. The summed E-state index contributed by atoms with van der Waals surface area (Å²) >= 11 is 1.43. The maximum Gasteiger partial charge on any atom is 0.356 e. The Kier molecular flexibility index (Phi) is 7.13. The van der Waals surface area contributed by atoms with Crippen LogP contribution in [0.2, 0.25) is 0 Å². The summed E-state index contributed by atoms with van der Waals surface area (Å²) in [5.74, 6) is -2.31. The fourth-order valence-corrected chi connectivity index (χ4v) is 5.55. The Labute approximate surface area is 188 Å². The fourth-order valence-electron chi connectivity index (χ4n) is 3.36. The molecule has 1 aromatic carbocycles. The third-order valence-electron chi connectivity index (χ3n) is 5.11. The van der Waals surface area contributed by atoms with Crippen LogP contribution in [0.3, 0.4) is 0 Å². The van der Waals surface area contributed by atoms with Crippen LogP contribution >= 0.6 is 19.4 Å². The second-order valence-corrected chi connectivity index (χ2v) is 10.3. The van der Waals surface area contributed by atoms with E-state index in [0.717, 1.165) is 0 Å². The van der Waals surface area contributed by atoms with Crippen LogP contribution < -0.4 is 11.1 Å². The minimum Gasteiger partial charge on any atom is -0.477 e. The Morgan fingerprint density at radius 3 is 2.38 bits per heavy atom. The number of nitrogens with two attached hydrogens (primary N) is 1. The zero-order valence-corrected chi connectivity index (χ0v) is 19.0. The fraction of sp³-hybridized carbons (Fsp3) is 0.421. The number of hydrogen-bond acceptors (Lipinski definition) is 7. The molecule has 1 aromatic rings. The van der Waals surface area contributed by atoms with Crippen LogP contribution in [0.15, 0.2) is 41.6 Å². The molecule has 4 rings (SSSR count). The lowest BCUT2D eigenvalue weighted by Crippen LogP contribution is -2.71. The summed E-state index contributed by atoms with van der Waals surface area (Å²) in [6.45, 7) is 3.32. The first-order valence-corrected chi connectivity index (χ1v) is 12.4. The second kappa shape index (κ2) is 9.34. The van der Waals surface area contributed by atoms with Crippen LogP contribution in [0.4, 0.5) is 0 Å². The molecule has 32 heavy (non-hydrogen) atoms. The van der Waals surface area contributed by atoms with Crippen LogP contribution in [0, 0.1) is 0 Å². The maximum atomic E-state index is 12.3. The number of aliphatic carboxylic acids is 1. The highest BCUT2D eigenvalue weighted by Crippen LogP contribution is 2.52. The molecule has 6 N–H and O–H groups in total. The number of ether oxygens (including phenoxy) is 1. The van der Waals surface area contributed by atoms with Crippen molar-refractivity contribution < 1.29 is 38.6 Å². The molecule has 2 fully saturated rings. The number of amides is 2. The number of benzene rings is 1. The summed E-state index contributed by atoms with van der Waals surface area (Å²) in [6, 6.07) is 7.23. The molecule has 0 saturated carbocycles. The van der Waals surface area contributed by atoms with Gasteiger partial charge in [0, 0.05) is 5.75 Å². The summed E-state index contributed by atoms with van der Waals surface area (Å²) in [5.41, 5.74) is 7.24. The SMILES string of the molecule is CC1=C(C(=O)O)N2C(=O)[C@@H](NC(=O)C(N)c3ccccc3)[C@H]2SC1.C[C@@H]1O[C@@H]1P(=O)(O)O. The summed E-state index contributed by atoms with van der Waals surface area (Å²) in [5, 5.41) is 11.5. The molecule has 13 heteroatoms. The standard InChI is InChI=1S/C16H17N3O4S.C3H7O4P/c1-8-7-24-15-11(14(21)19(15)12(8)16(22)23)18-13(20)10(17)9-5-3-2-4-6-9;1-2-3(7-2)8(4,5)6/h2-6,10-11,15H,7,17H2,1H3,(H,18,20)(H,22,23);2-3H,1H3,(H2,4,5,6)/t10?,11-,15-;2-,3+/m10/s1. The maximum absolute atomic E-state index is 12.3. The van der Waals surface area contributed by atoms with Gasteiger partial charge in [-0.15, -0.1) is 11.8 Å². The molecular formula is C19H24N3O8PS. The number of epoxide rings is 1. The molecule has 0 aromatic heterocycles. The molecule has 2 saturated heterocycles. The van der Waals surface area contributed by atoms with E-state index in [2.05, 4.69) is 10.1 Å². The molecule has 1 unspecified atom stereocenters. The van der Waals surface area contributed by atoms with Gasteiger partial charge in [0.25, 0.3) is 5.91 Å². The first-order valence-electron chi connectivity index (χ1n) is 9.62. The van der Waals surface area contributed by atoms with Crippen molar-refractivity contribution in [3.63, 3.8) is 0 Å². The number of hydrogen-bond donors (Lipinski definition) is 5. The van der Waals surface area contributed by atoms with Crippen LogP contribution in [-0.4, -0.2) is 66.7 Å². The molecule has 0 aliphatic carbocycles. The van der Waals surface area contributed by atoms with Crippen molar-refractivity contribution in [2.75, 3.05) is 5.75 Å². The Bertz CT molecular complexity index is 998. The number of nitrogens with zero attached hydrogens (tertiary/aromatic N) is 1. The second-order valence-electron chi connectivity index (χ2n) is 7.54. The lowest BCUT2D eigenvalue weighted by atomic mass is 10.0. The minimum atomic E-state index is -3.90. The van der Waals surface area contributed by atoms with Crippen LogP contribution in [0.1, 0.15) is 25.5 Å². The first-order chi connectivity index (χ1) is 14.9. The van der Waals surface area contributed by atoms with Gasteiger partial charge in [-0.25, -0.2) is 4.79 Å². The number of carboxylic acid groups (broad SMARTS) is 1. The largest absolute Gasteiger partial charge is 0.477 e. The Balaban J connectivity index is 0.000000305. The van der Waals surface area contributed by atoms with E-state index in [1.807, 2.05) is 6.07 Å². The molecule has 2 amide bonds. The van der Waals surface area contributed by atoms with Crippen LogP contribution in [0.5, 0.6) is 0 Å². The summed E-state index contributed by atoms with van der Waals surface area (Å²) < 4.78 is 14.7. The molecule has 174 valence electrons. The van der Waals surface area contributed by atoms with Gasteiger partial charge in [-0.05, 0) is 25.0 Å². The number of fused-ring (bicyclic) bond motifs is 1. The van der Waals surface area contributed by atoms with E-state index in [-0.39, 0.29) is 11.8 Å². The van der Waals surface area contributed by atoms with Crippen molar-refractivity contribution in [3.05, 3.63) is 47.2 Å². The smallest absolute Gasteiger partial charge is 0.356 e. The van der Waals surface area contributed by atoms with Crippen molar-refractivity contribution in [1.29, 1.82) is 0 Å². The number of carboxylic acids is 1. The van der Waals surface area contributed by atoms with Crippen molar-refractivity contribution >= 4 is 37.1 Å². The first kappa shape index (κ1) is 24.4. The quantitative estimate of drug-likeness (QED) is 0.222. The minimum absolute atomic E-state index is 0.0154. The van der Waals surface area contributed by atoms with E-state index < -0.39 is 48.7 Å². The van der Waals surface area contributed by atoms with Crippen molar-refractivity contribution in [1.82, 2.24) is 10.2 Å². The van der Waals surface area contributed by atoms with Gasteiger partial charge in [0.15, 0.2) is 5.85 Å². The highest BCUT2D eigenvalue weighted by molar-refractivity contribution is 8.00. The Morgan fingerprint density at radius 1 is 1.31 bits per heavy atom. The number of rotatable bonds is 5. The Morgan fingerprint density at radius 2 is 1.91 bits per heavy atom. The van der Waals surface area contributed by atoms with Crippen LogP contribution in [-0.2, 0) is 23.7 Å². The predicted octanol–water partition coefficient (Wildman–Crippen LogP) is 0.354. The zero-order valence-electron chi connectivity index (χ0n) is 17.2. The van der Waals surface area contributed by atoms with Crippen molar-refractivity contribution in [2.45, 2.75) is 43.3 Å². The zero-order chi connectivity index (χ0) is 23.8. The monoisotopic (exact) mass is 485 g/mol. The Hall–Kier alpha value is -2.21. The van der Waals surface area contributed by atoms with Crippen molar-refractivity contribution in [3.8, 4) is 0 Å². The molecular weight excluding hydrogens is 461 g/mol. The van der Waals surface area contributed by atoms with E-state index in [1.54, 1.807) is 38.1 Å². The molecule has 3 aliphatic rings. The highest BCUT2D eigenvalue weighted by Gasteiger charge is 2.54. The number of β-lactam (4-membered cyclic amide) rings is 1. The average molecular weight is 485 g/mol. The van der Waals surface area contributed by atoms with Gasteiger partial charge in [-0.1, -0.05) is 30.3 Å². The summed E-state index contributed by atoms with van der Waals surface area (Å²) in [6.07, 6.45) is -0.254. The van der Waals surface area contributed by atoms with Gasteiger partial charge in [-0.3, -0.25) is 19.1 Å². The third kappa shape index (κ3) is 5.06. The summed E-state index contributed by atoms with van der Waals surface area (Å²) in [4.78, 5) is 53.8. The number of thioether (sulfide) groups is 1. The van der Waals surface area contributed by atoms with Crippen LogP contribution in [0.25, 0.3) is 0 Å². The van der Waals surface area contributed by atoms with Gasteiger partial charge >= 0.3 is 13.6 Å². The molecule has 11 nitrogen and oxygen atoms in total. The van der Waals surface area contributed by atoms with E-state index in [4.69, 9.17) is 15.5 Å². The van der Waals surface area contributed by atoms with Crippen molar-refractivity contribution in [2.24, 2.45) is 5.73 Å². The van der Waals surface area contributed by atoms with E-state index >= 15 is 0 Å². The number of carbonyl (C=O) groups is 3. The van der Waals surface area contributed by atoms with Gasteiger partial charge in [0.2, 0.25) is 5.91 Å². The lowest BCUT2D eigenvalue weighted by Gasteiger charge is -2.49. The van der Waals surface area contributed by atoms with Gasteiger partial charge in [-0.2, -0.15) is 0 Å². The topological polar surface area (TPSA) is 183 Å². The predicted molar refractivity (Wildman–Crippen MR) is 115 cm³/mol. The number of nitrogens with one attached hydrogen (secondary N) is 1. The van der Waals surface area contributed by atoms with Gasteiger partial charge < -0.3 is 30.7 Å². The van der Waals surface area contributed by atoms with E-state index in [9.17, 15) is 24.1 Å². The third-order valence-corrected chi connectivity index (χ3v) is 7.74. The molecule has 0 bridgehead atoms. The van der Waals surface area contributed by atoms with E-state index in [1.165, 1.54) is 16.7 Å². The highest BCUT2D eigenvalue weighted by atomic mass is 32.2. The lowest BCUT2D eigenvalue weighted by molar-refractivity contribution is -0.150. The number of carbonyl (C=O) groups excluding carboxylic acids is 2. The molecule has 0 radical (unpaired) electrons. The van der Waals surface area contributed by atoms with E-state index in [0.29, 0.717) is 16.9 Å². The molecule has 0 spiro atoms.